The van der Waals surface area contributed by atoms with Gasteiger partial charge in [-0.2, -0.15) is 0 Å². The summed E-state index contributed by atoms with van der Waals surface area (Å²) in [5.41, 5.74) is 0.718. The van der Waals surface area contributed by atoms with Gasteiger partial charge in [0.05, 0.1) is 20.1 Å². The van der Waals surface area contributed by atoms with Crippen molar-refractivity contribution in [2.24, 2.45) is 0 Å². The number of anilines is 1. The van der Waals surface area contributed by atoms with Crippen LogP contribution in [0.5, 0.6) is 5.75 Å². The lowest BCUT2D eigenvalue weighted by molar-refractivity contribution is -0.146. The molecule has 1 aromatic rings. The largest absolute Gasteiger partial charge is 0.497 e. The molecule has 0 aliphatic rings. The monoisotopic (exact) mass is 340 g/mol. The highest BCUT2D eigenvalue weighted by Crippen LogP contribution is 2.14. The quantitative estimate of drug-likeness (QED) is 0.421. The molecule has 0 heterocycles. The van der Waals surface area contributed by atoms with E-state index in [1.165, 1.54) is 7.11 Å². The lowest BCUT2D eigenvalue weighted by Crippen LogP contribution is -2.34. The molecular formula is C15H20N2O5S. The second-order valence-electron chi connectivity index (χ2n) is 4.44. The molecule has 1 aromatic carbocycles. The maximum Gasteiger partial charge on any atom is 0.306 e. The molecule has 1 rings (SSSR count). The Labute approximate surface area is 140 Å². The Balaban J connectivity index is 2.27. The van der Waals surface area contributed by atoms with Crippen molar-refractivity contribution in [3.05, 3.63) is 24.3 Å². The van der Waals surface area contributed by atoms with Crippen LogP contribution in [0.4, 0.5) is 5.69 Å². The van der Waals surface area contributed by atoms with Crippen LogP contribution in [-0.2, 0) is 19.1 Å². The Bertz CT molecular complexity index is 533. The molecule has 0 atom stereocenters. The Morgan fingerprint density at radius 1 is 1.09 bits per heavy atom. The number of methoxy groups -OCH3 is 2. The molecule has 23 heavy (non-hydrogen) atoms. The molecule has 0 radical (unpaired) electrons. The molecule has 0 unspecified atom stereocenters. The van der Waals surface area contributed by atoms with Crippen molar-refractivity contribution in [1.82, 2.24) is 5.32 Å². The summed E-state index contributed by atoms with van der Waals surface area (Å²) in [4.78, 5) is 23.0. The molecule has 0 fully saturated rings. The summed E-state index contributed by atoms with van der Waals surface area (Å²) >= 11 is 5.03. The van der Waals surface area contributed by atoms with Gasteiger partial charge in [0.2, 0.25) is 5.91 Å². The molecule has 0 aliphatic carbocycles. The summed E-state index contributed by atoms with van der Waals surface area (Å²) in [6.45, 7) is 0.502. The maximum atomic E-state index is 11.7. The molecular weight excluding hydrogens is 320 g/mol. The first-order chi connectivity index (χ1) is 11.0. The maximum absolute atomic E-state index is 11.7. The van der Waals surface area contributed by atoms with Gasteiger partial charge in [0.1, 0.15) is 12.4 Å². The van der Waals surface area contributed by atoms with Crippen LogP contribution in [0, 0.1) is 0 Å². The van der Waals surface area contributed by atoms with Crippen molar-refractivity contribution in [2.75, 3.05) is 32.8 Å². The number of nitrogens with one attached hydrogen (secondary N) is 2. The van der Waals surface area contributed by atoms with Gasteiger partial charge in [0.15, 0.2) is 5.11 Å². The lowest BCUT2D eigenvalue weighted by atomic mass is 10.3. The summed E-state index contributed by atoms with van der Waals surface area (Å²) in [6, 6.07) is 7.07. The van der Waals surface area contributed by atoms with Gasteiger partial charge >= 0.3 is 5.97 Å². The zero-order valence-electron chi connectivity index (χ0n) is 13.1. The Morgan fingerprint density at radius 2 is 1.78 bits per heavy atom. The van der Waals surface area contributed by atoms with Crippen molar-refractivity contribution in [2.45, 2.75) is 12.8 Å². The molecule has 0 bridgehead atoms. The van der Waals surface area contributed by atoms with Gasteiger partial charge in [0.25, 0.3) is 0 Å². The SMILES string of the molecule is COCCOC(=O)CCC(=O)NC(=S)Nc1ccc(OC)cc1. The van der Waals surface area contributed by atoms with Crippen LogP contribution in [0.2, 0.25) is 0 Å². The van der Waals surface area contributed by atoms with E-state index in [-0.39, 0.29) is 30.5 Å². The molecule has 2 N–H and O–H groups in total. The number of thiocarbonyl (C=S) groups is 1. The molecule has 126 valence electrons. The predicted molar refractivity (Wildman–Crippen MR) is 89.4 cm³/mol. The third-order valence-corrected chi connectivity index (χ3v) is 2.91. The smallest absolute Gasteiger partial charge is 0.306 e. The first kappa shape index (κ1) is 18.9. The van der Waals surface area contributed by atoms with Crippen molar-refractivity contribution < 1.29 is 23.8 Å². The van der Waals surface area contributed by atoms with Crippen molar-refractivity contribution in [1.29, 1.82) is 0 Å². The molecule has 1 amide bonds. The summed E-state index contributed by atoms with van der Waals surface area (Å²) in [6.07, 6.45) is -0.0169. The molecule has 8 heteroatoms. The molecule has 0 aliphatic heterocycles. The van der Waals surface area contributed by atoms with Crippen LogP contribution < -0.4 is 15.4 Å². The second kappa shape index (κ2) is 10.5. The van der Waals surface area contributed by atoms with Gasteiger partial charge in [-0.25, -0.2) is 0 Å². The summed E-state index contributed by atoms with van der Waals surface area (Å²) in [5, 5.41) is 5.52. The Kier molecular flexibility index (Phi) is 8.63. The summed E-state index contributed by atoms with van der Waals surface area (Å²) in [5.74, 6) is -0.0941. The van der Waals surface area contributed by atoms with Gasteiger partial charge in [-0.3, -0.25) is 9.59 Å². The molecule has 0 aromatic heterocycles. The summed E-state index contributed by atoms with van der Waals surface area (Å²) < 4.78 is 14.6. The van der Waals surface area contributed by atoms with E-state index in [0.717, 1.165) is 11.4 Å². The number of hydrogen-bond acceptors (Lipinski definition) is 6. The van der Waals surface area contributed by atoms with E-state index in [1.807, 2.05) is 0 Å². The van der Waals surface area contributed by atoms with Crippen LogP contribution in [0.3, 0.4) is 0 Å². The number of rotatable bonds is 8. The number of benzene rings is 1. The van der Waals surface area contributed by atoms with Gasteiger partial charge < -0.3 is 24.8 Å². The average Bonchev–Trinajstić information content (AvgIpc) is 2.54. The third-order valence-electron chi connectivity index (χ3n) is 2.71. The second-order valence-corrected chi connectivity index (χ2v) is 4.85. The Morgan fingerprint density at radius 3 is 2.39 bits per heavy atom. The topological polar surface area (TPSA) is 85.9 Å². The standard InChI is InChI=1S/C15H20N2O5S/c1-20-9-10-22-14(19)8-7-13(18)17-15(23)16-11-3-5-12(21-2)6-4-11/h3-6H,7-10H2,1-2H3,(H2,16,17,18,23). The first-order valence-corrected chi connectivity index (χ1v) is 7.35. The average molecular weight is 340 g/mol. The highest BCUT2D eigenvalue weighted by Gasteiger charge is 2.09. The van der Waals surface area contributed by atoms with E-state index >= 15 is 0 Å². The van der Waals surface area contributed by atoms with Gasteiger partial charge in [-0.1, -0.05) is 0 Å². The number of carbonyl (C=O) groups is 2. The highest BCUT2D eigenvalue weighted by molar-refractivity contribution is 7.80. The van der Waals surface area contributed by atoms with Crippen molar-refractivity contribution in [3.63, 3.8) is 0 Å². The minimum Gasteiger partial charge on any atom is -0.497 e. The Hall–Kier alpha value is -2.19. The van der Waals surface area contributed by atoms with Crippen molar-refractivity contribution >= 4 is 34.9 Å². The van der Waals surface area contributed by atoms with E-state index in [9.17, 15) is 9.59 Å². The number of ether oxygens (including phenoxy) is 3. The fourth-order valence-electron chi connectivity index (χ4n) is 1.55. The van der Waals surface area contributed by atoms with Crippen LogP contribution >= 0.6 is 12.2 Å². The normalized spacial score (nSPS) is 9.83. The number of amides is 1. The molecule has 0 saturated carbocycles. The van der Waals surface area contributed by atoms with E-state index in [2.05, 4.69) is 10.6 Å². The molecule has 0 saturated heterocycles. The van der Waals surface area contributed by atoms with Crippen LogP contribution in [-0.4, -0.2) is 44.4 Å². The van der Waals surface area contributed by atoms with E-state index in [4.69, 9.17) is 26.4 Å². The number of carbonyl (C=O) groups excluding carboxylic acids is 2. The molecule has 0 spiro atoms. The van der Waals surface area contributed by atoms with E-state index in [0.29, 0.717) is 6.61 Å². The fraction of sp³-hybridized carbons (Fsp3) is 0.400. The van der Waals surface area contributed by atoms with Gasteiger partial charge in [-0.05, 0) is 36.5 Å². The number of esters is 1. The third kappa shape index (κ3) is 8.12. The van der Waals surface area contributed by atoms with E-state index < -0.39 is 5.97 Å². The predicted octanol–water partition coefficient (Wildman–Crippen LogP) is 1.48. The fourth-order valence-corrected chi connectivity index (χ4v) is 1.78. The summed E-state index contributed by atoms with van der Waals surface area (Å²) in [7, 11) is 3.09. The minimum absolute atomic E-state index is 0.00372. The lowest BCUT2D eigenvalue weighted by Gasteiger charge is -2.10. The molecule has 7 nitrogen and oxygen atoms in total. The van der Waals surface area contributed by atoms with E-state index in [1.54, 1.807) is 31.4 Å². The van der Waals surface area contributed by atoms with Gasteiger partial charge in [-0.15, -0.1) is 0 Å². The minimum atomic E-state index is -0.453. The van der Waals surface area contributed by atoms with Crippen LogP contribution in [0.25, 0.3) is 0 Å². The van der Waals surface area contributed by atoms with Crippen molar-refractivity contribution in [3.8, 4) is 5.75 Å². The zero-order valence-corrected chi connectivity index (χ0v) is 13.9. The first-order valence-electron chi connectivity index (χ1n) is 6.94. The van der Waals surface area contributed by atoms with Gasteiger partial charge in [0, 0.05) is 19.2 Å². The van der Waals surface area contributed by atoms with Crippen LogP contribution in [0.15, 0.2) is 24.3 Å². The zero-order chi connectivity index (χ0) is 17.1. The highest BCUT2D eigenvalue weighted by atomic mass is 32.1. The number of hydrogen-bond donors (Lipinski definition) is 2. The van der Waals surface area contributed by atoms with Crippen LogP contribution in [0.1, 0.15) is 12.8 Å².